The van der Waals surface area contributed by atoms with E-state index in [0.717, 1.165) is 18.4 Å². The van der Waals surface area contributed by atoms with Gasteiger partial charge < -0.3 is 5.32 Å². The summed E-state index contributed by atoms with van der Waals surface area (Å²) < 4.78 is 15.1. The zero-order valence-electron chi connectivity index (χ0n) is 13.9. The maximum Gasteiger partial charge on any atom is 0.241 e. The minimum absolute atomic E-state index is 0.00454. The number of aromatic nitrogens is 2. The first-order chi connectivity index (χ1) is 11.5. The van der Waals surface area contributed by atoms with Crippen molar-refractivity contribution in [2.24, 2.45) is 0 Å². The van der Waals surface area contributed by atoms with E-state index in [0.29, 0.717) is 0 Å². The van der Waals surface area contributed by atoms with E-state index in [-0.39, 0.29) is 29.8 Å². The lowest BCUT2D eigenvalue weighted by molar-refractivity contribution is -0.123. The molecule has 0 bridgehead atoms. The number of benzene rings is 1. The standard InChI is InChI=1S/C18H23FN4O/c1-12(13(2)23-11-3-10-20-23)21-17(18(24)22-16-8-9-16)14-4-6-15(19)7-5-14/h3-7,10-13,16-17,21H,8-9H2,1-2H3,(H,22,24)/t12-,13+,17+/m0/s1. The summed E-state index contributed by atoms with van der Waals surface area (Å²) in [4.78, 5) is 12.6. The molecule has 1 aliphatic rings. The quantitative estimate of drug-likeness (QED) is 0.820. The highest BCUT2D eigenvalue weighted by molar-refractivity contribution is 5.83. The summed E-state index contributed by atoms with van der Waals surface area (Å²) in [6.07, 6.45) is 5.70. The van der Waals surface area contributed by atoms with Gasteiger partial charge in [-0.15, -0.1) is 0 Å². The van der Waals surface area contributed by atoms with E-state index < -0.39 is 6.04 Å². The summed E-state index contributed by atoms with van der Waals surface area (Å²) in [6, 6.07) is 7.81. The summed E-state index contributed by atoms with van der Waals surface area (Å²) in [6.45, 7) is 4.07. The van der Waals surface area contributed by atoms with Gasteiger partial charge in [0.05, 0.1) is 6.04 Å². The Morgan fingerprint density at radius 3 is 2.58 bits per heavy atom. The topological polar surface area (TPSA) is 59.0 Å². The highest BCUT2D eigenvalue weighted by atomic mass is 19.1. The van der Waals surface area contributed by atoms with Gasteiger partial charge in [0.1, 0.15) is 11.9 Å². The van der Waals surface area contributed by atoms with Crippen molar-refractivity contribution in [2.75, 3.05) is 0 Å². The average molecular weight is 330 g/mol. The molecule has 1 aliphatic carbocycles. The first kappa shape index (κ1) is 16.6. The molecule has 1 saturated carbocycles. The highest BCUT2D eigenvalue weighted by Gasteiger charge is 2.30. The molecule has 2 aromatic rings. The molecule has 1 fully saturated rings. The van der Waals surface area contributed by atoms with Gasteiger partial charge in [0, 0.05) is 24.5 Å². The van der Waals surface area contributed by atoms with E-state index >= 15 is 0 Å². The molecule has 6 heteroatoms. The van der Waals surface area contributed by atoms with Gasteiger partial charge in [0.25, 0.3) is 0 Å². The number of nitrogens with zero attached hydrogens (tertiary/aromatic N) is 2. The fraction of sp³-hybridized carbons (Fsp3) is 0.444. The number of carbonyl (C=O) groups excluding carboxylic acids is 1. The fourth-order valence-corrected chi connectivity index (χ4v) is 2.64. The molecular formula is C18H23FN4O. The van der Waals surface area contributed by atoms with Crippen molar-refractivity contribution in [1.29, 1.82) is 0 Å². The van der Waals surface area contributed by atoms with Crippen molar-refractivity contribution in [3.63, 3.8) is 0 Å². The Labute approximate surface area is 141 Å². The minimum atomic E-state index is -0.515. The molecular weight excluding hydrogens is 307 g/mol. The van der Waals surface area contributed by atoms with Crippen molar-refractivity contribution in [3.05, 3.63) is 54.1 Å². The van der Waals surface area contributed by atoms with Crippen LogP contribution in [0.25, 0.3) is 0 Å². The summed E-state index contributed by atoms with van der Waals surface area (Å²) in [5, 5.41) is 10.7. The van der Waals surface area contributed by atoms with E-state index in [9.17, 15) is 9.18 Å². The van der Waals surface area contributed by atoms with Crippen molar-refractivity contribution >= 4 is 5.91 Å². The van der Waals surface area contributed by atoms with E-state index in [1.54, 1.807) is 18.3 Å². The summed E-state index contributed by atoms with van der Waals surface area (Å²) in [5.74, 6) is -0.373. The van der Waals surface area contributed by atoms with Gasteiger partial charge in [0.2, 0.25) is 5.91 Å². The lowest BCUT2D eigenvalue weighted by atomic mass is 10.0. The number of nitrogens with one attached hydrogen (secondary N) is 2. The lowest BCUT2D eigenvalue weighted by Gasteiger charge is -2.27. The molecule has 24 heavy (non-hydrogen) atoms. The van der Waals surface area contributed by atoms with E-state index in [4.69, 9.17) is 0 Å². The average Bonchev–Trinajstić information content (AvgIpc) is 3.22. The predicted octanol–water partition coefficient (Wildman–Crippen LogP) is 2.58. The minimum Gasteiger partial charge on any atom is -0.352 e. The molecule has 5 nitrogen and oxygen atoms in total. The monoisotopic (exact) mass is 330 g/mol. The molecule has 0 radical (unpaired) electrons. The maximum atomic E-state index is 13.2. The van der Waals surface area contributed by atoms with Crippen LogP contribution in [0.1, 0.15) is 44.3 Å². The first-order valence-electron chi connectivity index (χ1n) is 8.35. The summed E-state index contributed by atoms with van der Waals surface area (Å²) in [5.41, 5.74) is 0.758. The Balaban J connectivity index is 1.75. The Morgan fingerprint density at radius 2 is 2.00 bits per heavy atom. The molecule has 2 N–H and O–H groups in total. The van der Waals surface area contributed by atoms with E-state index in [1.807, 2.05) is 30.8 Å². The van der Waals surface area contributed by atoms with Gasteiger partial charge in [-0.05, 0) is 50.5 Å². The van der Waals surface area contributed by atoms with Crippen LogP contribution in [0.3, 0.4) is 0 Å². The first-order valence-corrected chi connectivity index (χ1v) is 8.35. The van der Waals surface area contributed by atoms with E-state index in [1.165, 1.54) is 12.1 Å². The van der Waals surface area contributed by atoms with Gasteiger partial charge in [-0.1, -0.05) is 12.1 Å². The van der Waals surface area contributed by atoms with Crippen molar-refractivity contribution in [1.82, 2.24) is 20.4 Å². The maximum absolute atomic E-state index is 13.2. The van der Waals surface area contributed by atoms with Crippen LogP contribution >= 0.6 is 0 Å². The second kappa shape index (κ2) is 7.13. The Morgan fingerprint density at radius 1 is 1.29 bits per heavy atom. The van der Waals surface area contributed by atoms with Gasteiger partial charge >= 0.3 is 0 Å². The molecule has 0 unspecified atom stereocenters. The molecule has 1 aromatic carbocycles. The number of hydrogen-bond donors (Lipinski definition) is 2. The van der Waals surface area contributed by atoms with Crippen LogP contribution in [0.15, 0.2) is 42.7 Å². The number of amides is 1. The fourth-order valence-electron chi connectivity index (χ4n) is 2.64. The second-order valence-electron chi connectivity index (χ2n) is 6.45. The number of hydrogen-bond acceptors (Lipinski definition) is 3. The molecule has 0 aliphatic heterocycles. The van der Waals surface area contributed by atoms with Gasteiger partial charge in [-0.3, -0.25) is 14.8 Å². The van der Waals surface area contributed by atoms with Gasteiger partial charge in [0.15, 0.2) is 0 Å². The molecule has 3 rings (SSSR count). The second-order valence-corrected chi connectivity index (χ2v) is 6.45. The third-order valence-corrected chi connectivity index (χ3v) is 4.48. The van der Waals surface area contributed by atoms with Crippen molar-refractivity contribution in [3.8, 4) is 0 Å². The van der Waals surface area contributed by atoms with E-state index in [2.05, 4.69) is 15.7 Å². The number of halogens is 1. The molecule has 1 heterocycles. The molecule has 0 spiro atoms. The van der Waals surface area contributed by atoms with Crippen LogP contribution in [0, 0.1) is 5.82 Å². The number of rotatable bonds is 7. The smallest absolute Gasteiger partial charge is 0.241 e. The normalized spacial score (nSPS) is 18.0. The molecule has 3 atom stereocenters. The molecule has 1 amide bonds. The third-order valence-electron chi connectivity index (χ3n) is 4.48. The van der Waals surface area contributed by atoms with Crippen LogP contribution in [0.5, 0.6) is 0 Å². The van der Waals surface area contributed by atoms with Crippen LogP contribution in [0.2, 0.25) is 0 Å². The molecule has 1 aromatic heterocycles. The van der Waals surface area contributed by atoms with Crippen molar-refractivity contribution < 1.29 is 9.18 Å². The van der Waals surface area contributed by atoms with Crippen LogP contribution in [-0.4, -0.2) is 27.8 Å². The Kier molecular flexibility index (Phi) is 4.94. The lowest BCUT2D eigenvalue weighted by Crippen LogP contribution is -2.44. The predicted molar refractivity (Wildman–Crippen MR) is 89.8 cm³/mol. The van der Waals surface area contributed by atoms with Crippen LogP contribution in [-0.2, 0) is 4.79 Å². The zero-order chi connectivity index (χ0) is 17.1. The summed E-state index contributed by atoms with van der Waals surface area (Å²) >= 11 is 0. The van der Waals surface area contributed by atoms with Crippen LogP contribution < -0.4 is 10.6 Å². The zero-order valence-corrected chi connectivity index (χ0v) is 13.9. The Hall–Kier alpha value is -2.21. The largest absolute Gasteiger partial charge is 0.352 e. The van der Waals surface area contributed by atoms with Crippen molar-refractivity contribution in [2.45, 2.75) is 50.9 Å². The summed E-state index contributed by atoms with van der Waals surface area (Å²) in [7, 11) is 0. The highest BCUT2D eigenvalue weighted by Crippen LogP contribution is 2.23. The van der Waals surface area contributed by atoms with Gasteiger partial charge in [-0.2, -0.15) is 5.10 Å². The number of carbonyl (C=O) groups is 1. The SMILES string of the molecule is C[C@H](N[C@@H](C(=O)NC1CC1)c1ccc(F)cc1)[C@@H](C)n1cccn1. The molecule has 0 saturated heterocycles. The van der Waals surface area contributed by atoms with Crippen LogP contribution in [0.4, 0.5) is 4.39 Å². The third kappa shape index (κ3) is 4.00. The van der Waals surface area contributed by atoms with Gasteiger partial charge in [-0.25, -0.2) is 4.39 Å². The molecule has 128 valence electrons. The Bertz CT molecular complexity index is 667.